The highest BCUT2D eigenvalue weighted by Gasteiger charge is 2.26. The van der Waals surface area contributed by atoms with Crippen LogP contribution in [0.2, 0.25) is 0 Å². The standard InChI is InChI=1S/C24H25N5O2/c1-28-13-11-16(12-14-28)20-15-26-29-22(23(25)30)21(27-24(20)29)17-7-9-19(10-8-17)31-18-5-3-2-4-6-18/h2-10,15-16,26H,11-14H2,1H3,(H2,25,30). The first-order chi connectivity index (χ1) is 15.1. The van der Waals surface area contributed by atoms with Gasteiger partial charge in [0, 0.05) is 17.3 Å². The number of nitrogens with two attached hydrogens (primary N) is 1. The van der Waals surface area contributed by atoms with E-state index in [9.17, 15) is 4.79 Å². The number of rotatable bonds is 5. The van der Waals surface area contributed by atoms with Crippen LogP contribution in [-0.2, 0) is 0 Å². The molecule has 0 bridgehead atoms. The minimum atomic E-state index is -0.510. The molecule has 3 N–H and O–H groups in total. The summed E-state index contributed by atoms with van der Waals surface area (Å²) in [5.41, 5.74) is 9.44. The molecule has 1 aliphatic heterocycles. The Kier molecular flexibility index (Phi) is 4.95. The lowest BCUT2D eigenvalue weighted by molar-refractivity contribution is 0.0994. The minimum Gasteiger partial charge on any atom is -0.457 e. The number of nitrogens with zero attached hydrogens (tertiary/aromatic N) is 3. The second-order valence-corrected chi connectivity index (χ2v) is 8.08. The van der Waals surface area contributed by atoms with Gasteiger partial charge in [0.25, 0.3) is 5.91 Å². The van der Waals surface area contributed by atoms with Crippen LogP contribution in [0.25, 0.3) is 16.9 Å². The summed E-state index contributed by atoms with van der Waals surface area (Å²) in [6.45, 7) is 2.11. The minimum absolute atomic E-state index is 0.367. The van der Waals surface area contributed by atoms with Crippen molar-refractivity contribution in [3.8, 4) is 22.8 Å². The van der Waals surface area contributed by atoms with Crippen molar-refractivity contribution in [2.24, 2.45) is 5.73 Å². The Morgan fingerprint density at radius 2 is 1.74 bits per heavy atom. The number of hydrogen-bond acceptors (Lipinski definition) is 4. The summed E-state index contributed by atoms with van der Waals surface area (Å²) in [5.74, 6) is 1.39. The van der Waals surface area contributed by atoms with Crippen molar-refractivity contribution in [3.05, 3.63) is 72.1 Å². The predicted octanol–water partition coefficient (Wildman–Crippen LogP) is 4.03. The first-order valence-electron chi connectivity index (χ1n) is 10.5. The first-order valence-corrected chi connectivity index (χ1v) is 10.5. The average Bonchev–Trinajstić information content (AvgIpc) is 3.35. The number of hydrogen-bond donors (Lipinski definition) is 2. The van der Waals surface area contributed by atoms with Gasteiger partial charge in [0.05, 0.1) is 0 Å². The zero-order valence-corrected chi connectivity index (χ0v) is 17.4. The lowest BCUT2D eigenvalue weighted by Gasteiger charge is -2.28. The zero-order valence-electron chi connectivity index (χ0n) is 17.4. The van der Waals surface area contributed by atoms with Crippen LogP contribution in [0.4, 0.5) is 0 Å². The summed E-state index contributed by atoms with van der Waals surface area (Å²) in [6, 6.07) is 17.2. The highest BCUT2D eigenvalue weighted by atomic mass is 16.5. The molecule has 0 saturated carbocycles. The van der Waals surface area contributed by atoms with Crippen LogP contribution in [-0.4, -0.2) is 45.5 Å². The number of carbonyl (C=O) groups is 1. The molecule has 0 aliphatic carbocycles. The number of imidazole rings is 1. The van der Waals surface area contributed by atoms with Gasteiger partial charge >= 0.3 is 0 Å². The molecular weight excluding hydrogens is 390 g/mol. The first kappa shape index (κ1) is 19.4. The zero-order chi connectivity index (χ0) is 21.4. The molecule has 0 spiro atoms. The molecule has 7 nitrogen and oxygen atoms in total. The van der Waals surface area contributed by atoms with Gasteiger partial charge in [-0.3, -0.25) is 9.89 Å². The van der Waals surface area contributed by atoms with Crippen molar-refractivity contribution < 1.29 is 9.53 Å². The van der Waals surface area contributed by atoms with E-state index in [1.807, 2.05) is 60.8 Å². The molecule has 4 aromatic rings. The summed E-state index contributed by atoms with van der Waals surface area (Å²) in [7, 11) is 2.15. The SMILES string of the molecule is CN1CCC(c2c[nH]n3c(C(N)=O)c(-c4ccc(Oc5ccccc5)cc4)nc23)CC1. The highest BCUT2D eigenvalue weighted by molar-refractivity contribution is 5.98. The maximum atomic E-state index is 12.3. The van der Waals surface area contributed by atoms with Crippen molar-refractivity contribution >= 4 is 11.6 Å². The van der Waals surface area contributed by atoms with Gasteiger partial charge in [-0.25, -0.2) is 9.50 Å². The Morgan fingerprint density at radius 1 is 1.06 bits per heavy atom. The van der Waals surface area contributed by atoms with E-state index in [2.05, 4.69) is 17.0 Å². The van der Waals surface area contributed by atoms with E-state index >= 15 is 0 Å². The van der Waals surface area contributed by atoms with Crippen LogP contribution in [0.3, 0.4) is 0 Å². The average molecular weight is 415 g/mol. The number of primary amides is 1. The molecule has 0 radical (unpaired) electrons. The van der Waals surface area contributed by atoms with Gasteiger partial charge in [-0.05, 0) is 75.3 Å². The van der Waals surface area contributed by atoms with E-state index in [1.54, 1.807) is 4.52 Å². The molecule has 0 unspecified atom stereocenters. The van der Waals surface area contributed by atoms with Crippen molar-refractivity contribution in [3.63, 3.8) is 0 Å². The number of aromatic nitrogens is 3. The number of carbonyl (C=O) groups excluding carboxylic acids is 1. The third-order valence-corrected chi connectivity index (χ3v) is 5.98. The maximum Gasteiger partial charge on any atom is 0.269 e. The monoisotopic (exact) mass is 415 g/mol. The smallest absolute Gasteiger partial charge is 0.269 e. The maximum absolute atomic E-state index is 12.3. The molecule has 0 atom stereocenters. The number of fused-ring (bicyclic) bond motifs is 1. The molecule has 7 heteroatoms. The Hall–Kier alpha value is -3.58. The lowest BCUT2D eigenvalue weighted by atomic mass is 9.91. The van der Waals surface area contributed by atoms with Gasteiger partial charge in [-0.15, -0.1) is 0 Å². The van der Waals surface area contributed by atoms with E-state index < -0.39 is 5.91 Å². The molecule has 1 fully saturated rings. The van der Waals surface area contributed by atoms with Crippen LogP contribution in [0.15, 0.2) is 60.8 Å². The molecule has 31 heavy (non-hydrogen) atoms. The number of amides is 1. The topological polar surface area (TPSA) is 88.7 Å². The number of benzene rings is 2. The van der Waals surface area contributed by atoms with Gasteiger partial charge in [-0.2, -0.15) is 0 Å². The molecule has 1 saturated heterocycles. The van der Waals surface area contributed by atoms with Gasteiger partial charge in [0.2, 0.25) is 0 Å². The lowest BCUT2D eigenvalue weighted by Crippen LogP contribution is -2.29. The molecule has 2 aromatic carbocycles. The number of para-hydroxylation sites is 1. The van der Waals surface area contributed by atoms with Crippen molar-refractivity contribution in [1.82, 2.24) is 19.5 Å². The molecule has 158 valence electrons. The second-order valence-electron chi connectivity index (χ2n) is 8.08. The van der Waals surface area contributed by atoms with E-state index in [0.717, 1.165) is 48.5 Å². The largest absolute Gasteiger partial charge is 0.457 e. The van der Waals surface area contributed by atoms with E-state index in [-0.39, 0.29) is 0 Å². The highest BCUT2D eigenvalue weighted by Crippen LogP contribution is 2.34. The Morgan fingerprint density at radius 3 is 2.42 bits per heavy atom. The third-order valence-electron chi connectivity index (χ3n) is 5.98. The number of likely N-dealkylation sites (tertiary alicyclic amines) is 1. The fraction of sp³-hybridized carbons (Fsp3) is 0.250. The Labute approximate surface area is 180 Å². The molecule has 2 aromatic heterocycles. The number of nitrogens with one attached hydrogen (secondary N) is 1. The molecule has 3 heterocycles. The van der Waals surface area contributed by atoms with E-state index in [1.165, 1.54) is 0 Å². The van der Waals surface area contributed by atoms with Gasteiger partial charge in [0.15, 0.2) is 11.3 Å². The van der Waals surface area contributed by atoms with Gasteiger partial charge in [-0.1, -0.05) is 18.2 Å². The molecule has 1 amide bonds. The normalized spacial score (nSPS) is 15.4. The fourth-order valence-electron chi connectivity index (χ4n) is 4.29. The molecular formula is C24H25N5O2. The van der Waals surface area contributed by atoms with Crippen LogP contribution < -0.4 is 10.5 Å². The number of piperidine rings is 1. The second kappa shape index (κ2) is 7.92. The van der Waals surface area contributed by atoms with Gasteiger partial charge in [0.1, 0.15) is 17.2 Å². The van der Waals surface area contributed by atoms with Crippen molar-refractivity contribution in [2.75, 3.05) is 20.1 Å². The fourth-order valence-corrected chi connectivity index (χ4v) is 4.29. The summed E-state index contributed by atoms with van der Waals surface area (Å²) in [6.07, 6.45) is 4.11. The van der Waals surface area contributed by atoms with Crippen LogP contribution in [0, 0.1) is 0 Å². The summed E-state index contributed by atoms with van der Waals surface area (Å²) in [5, 5.41) is 3.20. The summed E-state index contributed by atoms with van der Waals surface area (Å²) < 4.78 is 7.59. The quantitative estimate of drug-likeness (QED) is 0.515. The third kappa shape index (κ3) is 3.68. The van der Waals surface area contributed by atoms with Crippen LogP contribution >= 0.6 is 0 Å². The van der Waals surface area contributed by atoms with Crippen LogP contribution in [0.5, 0.6) is 11.5 Å². The predicted molar refractivity (Wildman–Crippen MR) is 119 cm³/mol. The van der Waals surface area contributed by atoms with Crippen molar-refractivity contribution in [1.29, 1.82) is 0 Å². The van der Waals surface area contributed by atoms with Gasteiger partial charge < -0.3 is 15.4 Å². The van der Waals surface area contributed by atoms with Crippen LogP contribution in [0.1, 0.15) is 34.8 Å². The summed E-state index contributed by atoms with van der Waals surface area (Å²) >= 11 is 0. The van der Waals surface area contributed by atoms with E-state index in [4.69, 9.17) is 15.5 Å². The summed E-state index contributed by atoms with van der Waals surface area (Å²) in [4.78, 5) is 19.5. The Bertz CT molecular complexity index is 1200. The number of ether oxygens (including phenoxy) is 1. The molecule has 5 rings (SSSR count). The van der Waals surface area contributed by atoms with E-state index in [0.29, 0.717) is 23.1 Å². The number of H-pyrrole nitrogens is 1. The number of aromatic amines is 1. The van der Waals surface area contributed by atoms with Crippen molar-refractivity contribution in [2.45, 2.75) is 18.8 Å². The Balaban J connectivity index is 1.49. The molecule has 1 aliphatic rings.